The number of benzene rings is 3. The SMILES string of the molecule is CC(C)(c1ccccc1)N(C=O)c1cccc(-c2n[nH]c3ccc(-c4ncn[nH]4)cc23)c1. The number of fused-ring (bicyclic) bond motifs is 1. The van der Waals surface area contributed by atoms with Crippen molar-refractivity contribution in [1.82, 2.24) is 25.4 Å². The first-order chi connectivity index (χ1) is 15.6. The lowest BCUT2D eigenvalue weighted by molar-refractivity contribution is -0.108. The first-order valence-corrected chi connectivity index (χ1v) is 10.3. The van der Waals surface area contributed by atoms with Crippen LogP contribution in [0.3, 0.4) is 0 Å². The number of aromatic nitrogens is 5. The Labute approximate surface area is 185 Å². The molecule has 0 saturated heterocycles. The van der Waals surface area contributed by atoms with Crippen LogP contribution in [-0.2, 0) is 10.3 Å². The van der Waals surface area contributed by atoms with E-state index in [-0.39, 0.29) is 0 Å². The van der Waals surface area contributed by atoms with Crippen molar-refractivity contribution in [3.63, 3.8) is 0 Å². The van der Waals surface area contributed by atoms with Crippen molar-refractivity contribution in [1.29, 1.82) is 0 Å². The molecule has 0 aliphatic carbocycles. The van der Waals surface area contributed by atoms with Gasteiger partial charge in [0, 0.05) is 22.2 Å². The third kappa shape index (κ3) is 3.33. The van der Waals surface area contributed by atoms with Crippen LogP contribution in [0.5, 0.6) is 0 Å². The van der Waals surface area contributed by atoms with Gasteiger partial charge in [-0.15, -0.1) is 0 Å². The van der Waals surface area contributed by atoms with Crippen molar-refractivity contribution in [3.05, 3.63) is 84.7 Å². The van der Waals surface area contributed by atoms with Gasteiger partial charge in [0.2, 0.25) is 6.41 Å². The van der Waals surface area contributed by atoms with E-state index >= 15 is 0 Å². The van der Waals surface area contributed by atoms with Gasteiger partial charge in [-0.25, -0.2) is 4.98 Å². The lowest BCUT2D eigenvalue weighted by Gasteiger charge is -2.36. The number of carbonyl (C=O) groups is 1. The van der Waals surface area contributed by atoms with Crippen LogP contribution in [0.15, 0.2) is 79.1 Å². The molecular formula is C25H22N6O. The van der Waals surface area contributed by atoms with Crippen LogP contribution >= 0.6 is 0 Å². The van der Waals surface area contributed by atoms with Gasteiger partial charge < -0.3 is 4.90 Å². The molecule has 0 radical (unpaired) electrons. The smallest absolute Gasteiger partial charge is 0.214 e. The summed E-state index contributed by atoms with van der Waals surface area (Å²) in [6, 6.07) is 23.9. The van der Waals surface area contributed by atoms with Crippen LogP contribution < -0.4 is 4.90 Å². The summed E-state index contributed by atoms with van der Waals surface area (Å²) in [6.07, 6.45) is 2.37. The van der Waals surface area contributed by atoms with Crippen LogP contribution in [0.1, 0.15) is 19.4 Å². The summed E-state index contributed by atoms with van der Waals surface area (Å²) in [4.78, 5) is 18.2. The fourth-order valence-electron chi connectivity index (χ4n) is 4.03. The minimum atomic E-state index is -0.519. The van der Waals surface area contributed by atoms with Crippen molar-refractivity contribution in [2.75, 3.05) is 4.90 Å². The van der Waals surface area contributed by atoms with Gasteiger partial charge in [0.15, 0.2) is 5.82 Å². The normalized spacial score (nSPS) is 11.6. The van der Waals surface area contributed by atoms with Crippen molar-refractivity contribution in [2.24, 2.45) is 0 Å². The van der Waals surface area contributed by atoms with E-state index in [0.29, 0.717) is 5.82 Å². The summed E-state index contributed by atoms with van der Waals surface area (Å²) in [7, 11) is 0. The molecule has 2 N–H and O–H groups in total. The standard InChI is InChI=1S/C25H22N6O/c1-25(2,19-8-4-3-5-9-19)31(16-32)20-10-6-7-17(13-20)23-21-14-18(24-26-15-27-30-24)11-12-22(21)28-29-23/h3-16H,1-2H3,(H,28,29)(H,26,27,30). The first-order valence-electron chi connectivity index (χ1n) is 10.3. The Morgan fingerprint density at radius 2 is 1.75 bits per heavy atom. The van der Waals surface area contributed by atoms with Gasteiger partial charge in [-0.2, -0.15) is 10.2 Å². The van der Waals surface area contributed by atoms with E-state index in [9.17, 15) is 4.79 Å². The molecule has 158 valence electrons. The third-order valence-corrected chi connectivity index (χ3v) is 5.84. The maximum Gasteiger partial charge on any atom is 0.214 e. The van der Waals surface area contributed by atoms with Crippen molar-refractivity contribution >= 4 is 23.0 Å². The molecule has 0 saturated carbocycles. The zero-order chi connectivity index (χ0) is 22.1. The van der Waals surface area contributed by atoms with E-state index in [0.717, 1.165) is 45.4 Å². The predicted molar refractivity (Wildman–Crippen MR) is 125 cm³/mol. The molecule has 0 fully saturated rings. The minimum Gasteiger partial charge on any atom is -0.305 e. The second-order valence-corrected chi connectivity index (χ2v) is 8.12. The molecule has 1 amide bonds. The fourth-order valence-corrected chi connectivity index (χ4v) is 4.03. The van der Waals surface area contributed by atoms with Gasteiger partial charge >= 0.3 is 0 Å². The number of H-pyrrole nitrogens is 2. The van der Waals surface area contributed by atoms with Crippen LogP contribution in [0.4, 0.5) is 5.69 Å². The molecule has 32 heavy (non-hydrogen) atoms. The second-order valence-electron chi connectivity index (χ2n) is 8.12. The van der Waals surface area contributed by atoms with Crippen molar-refractivity contribution in [3.8, 4) is 22.6 Å². The van der Waals surface area contributed by atoms with Crippen LogP contribution in [-0.4, -0.2) is 31.8 Å². The molecule has 7 nitrogen and oxygen atoms in total. The predicted octanol–water partition coefficient (Wildman–Crippen LogP) is 4.91. The summed E-state index contributed by atoms with van der Waals surface area (Å²) in [5, 5.41) is 15.5. The molecule has 7 heteroatoms. The van der Waals surface area contributed by atoms with E-state index in [1.54, 1.807) is 4.90 Å². The minimum absolute atomic E-state index is 0.519. The molecule has 0 spiro atoms. The number of amides is 1. The highest BCUT2D eigenvalue weighted by Crippen LogP contribution is 2.35. The van der Waals surface area contributed by atoms with Gasteiger partial charge in [0.05, 0.1) is 16.7 Å². The number of hydrogen-bond acceptors (Lipinski definition) is 4. The topological polar surface area (TPSA) is 90.6 Å². The largest absolute Gasteiger partial charge is 0.305 e. The highest BCUT2D eigenvalue weighted by Gasteiger charge is 2.29. The number of carbonyl (C=O) groups excluding carboxylic acids is 1. The average Bonchev–Trinajstić information content (AvgIpc) is 3.50. The molecule has 2 heterocycles. The number of anilines is 1. The Morgan fingerprint density at radius 1 is 0.906 bits per heavy atom. The Kier molecular flexibility index (Phi) is 4.78. The molecular weight excluding hydrogens is 400 g/mol. The Balaban J connectivity index is 1.57. The Bertz CT molecular complexity index is 1370. The number of nitrogens with one attached hydrogen (secondary N) is 2. The van der Waals surface area contributed by atoms with E-state index < -0.39 is 5.54 Å². The Morgan fingerprint density at radius 3 is 2.50 bits per heavy atom. The van der Waals surface area contributed by atoms with Gasteiger partial charge in [0.25, 0.3) is 0 Å². The molecule has 0 bridgehead atoms. The maximum absolute atomic E-state index is 12.2. The third-order valence-electron chi connectivity index (χ3n) is 5.84. The lowest BCUT2D eigenvalue weighted by Crippen LogP contribution is -2.40. The summed E-state index contributed by atoms with van der Waals surface area (Å²) in [5.41, 5.74) is 4.91. The number of rotatable bonds is 6. The van der Waals surface area contributed by atoms with Crippen molar-refractivity contribution in [2.45, 2.75) is 19.4 Å². The zero-order valence-corrected chi connectivity index (χ0v) is 17.8. The van der Waals surface area contributed by atoms with Crippen molar-refractivity contribution < 1.29 is 4.79 Å². The highest BCUT2D eigenvalue weighted by atomic mass is 16.1. The molecule has 3 aromatic carbocycles. The van der Waals surface area contributed by atoms with E-state index in [4.69, 9.17) is 0 Å². The lowest BCUT2D eigenvalue weighted by atomic mass is 9.92. The van der Waals surface area contributed by atoms with E-state index in [2.05, 4.69) is 25.4 Å². The van der Waals surface area contributed by atoms with Gasteiger partial charge in [-0.3, -0.25) is 15.0 Å². The highest BCUT2D eigenvalue weighted by molar-refractivity contribution is 5.96. The average molecular weight is 422 g/mol. The number of nitrogens with zero attached hydrogens (tertiary/aromatic N) is 4. The van der Waals surface area contributed by atoms with E-state index in [1.165, 1.54) is 6.33 Å². The van der Waals surface area contributed by atoms with Gasteiger partial charge in [0.1, 0.15) is 6.33 Å². The van der Waals surface area contributed by atoms with Gasteiger partial charge in [-0.1, -0.05) is 42.5 Å². The maximum atomic E-state index is 12.2. The molecule has 0 aliphatic heterocycles. The van der Waals surface area contributed by atoms with Crippen LogP contribution in [0, 0.1) is 0 Å². The molecule has 5 rings (SSSR count). The molecule has 0 aliphatic rings. The van der Waals surface area contributed by atoms with Crippen LogP contribution in [0.25, 0.3) is 33.5 Å². The Hall–Kier alpha value is -4.26. The number of aromatic amines is 2. The molecule has 0 unspecified atom stereocenters. The zero-order valence-electron chi connectivity index (χ0n) is 17.8. The van der Waals surface area contributed by atoms with Gasteiger partial charge in [-0.05, 0) is 49.7 Å². The van der Waals surface area contributed by atoms with E-state index in [1.807, 2.05) is 86.6 Å². The van der Waals surface area contributed by atoms with Crippen LogP contribution in [0.2, 0.25) is 0 Å². The fraction of sp³-hybridized carbons (Fsp3) is 0.120. The molecule has 2 aromatic heterocycles. The second kappa shape index (κ2) is 7.77. The molecule has 0 atom stereocenters. The quantitative estimate of drug-likeness (QED) is 0.380. The first kappa shape index (κ1) is 19.7. The summed E-state index contributed by atoms with van der Waals surface area (Å²) < 4.78 is 0. The summed E-state index contributed by atoms with van der Waals surface area (Å²) >= 11 is 0. The monoisotopic (exact) mass is 422 g/mol. The summed E-state index contributed by atoms with van der Waals surface area (Å²) in [6.45, 7) is 4.08. The summed E-state index contributed by atoms with van der Waals surface area (Å²) in [5.74, 6) is 0.699. The number of hydrogen-bond donors (Lipinski definition) is 2. The molecule has 5 aromatic rings.